The first-order chi connectivity index (χ1) is 5.83. The van der Waals surface area contributed by atoms with Crippen molar-refractivity contribution in [3.8, 4) is 0 Å². The zero-order valence-electron chi connectivity index (χ0n) is 7.63. The van der Waals surface area contributed by atoms with Crippen LogP contribution in [-0.4, -0.2) is 5.75 Å². The number of aryl methyl sites for hydroxylation is 1. The highest BCUT2D eigenvalue weighted by molar-refractivity contribution is 8.00. The lowest BCUT2D eigenvalue weighted by Crippen LogP contribution is -1.88. The van der Waals surface area contributed by atoms with Crippen LogP contribution >= 0.6 is 11.9 Å². The van der Waals surface area contributed by atoms with Gasteiger partial charge in [0.15, 0.2) is 0 Å². The maximum atomic E-state index is 3.30. The Kier molecular flexibility index (Phi) is 4.01. The van der Waals surface area contributed by atoms with E-state index in [4.69, 9.17) is 0 Å². The quantitative estimate of drug-likeness (QED) is 0.564. The minimum Gasteiger partial charge on any atom is -0.330 e. The molecule has 0 aromatic heterocycles. The average Bonchev–Trinajstić information content (AvgIpc) is 2.05. The van der Waals surface area contributed by atoms with Crippen molar-refractivity contribution < 1.29 is 0 Å². The van der Waals surface area contributed by atoms with Crippen LogP contribution < -0.4 is 4.72 Å². The van der Waals surface area contributed by atoms with E-state index in [0.29, 0.717) is 0 Å². The zero-order valence-corrected chi connectivity index (χ0v) is 8.45. The molecule has 0 aliphatic rings. The van der Waals surface area contributed by atoms with Crippen molar-refractivity contribution in [3.05, 3.63) is 29.8 Å². The van der Waals surface area contributed by atoms with Crippen molar-refractivity contribution >= 4 is 17.6 Å². The Morgan fingerprint density at radius 2 is 2.25 bits per heavy atom. The van der Waals surface area contributed by atoms with Crippen LogP contribution in [0.4, 0.5) is 5.69 Å². The molecule has 1 N–H and O–H groups in total. The smallest absolute Gasteiger partial charge is 0.0442 e. The van der Waals surface area contributed by atoms with Gasteiger partial charge in [-0.2, -0.15) is 0 Å². The molecule has 0 amide bonds. The van der Waals surface area contributed by atoms with Crippen LogP contribution in [0, 0.1) is 6.92 Å². The fraction of sp³-hybridized carbons (Fsp3) is 0.400. The van der Waals surface area contributed by atoms with Crippen LogP contribution in [-0.2, 0) is 0 Å². The van der Waals surface area contributed by atoms with E-state index in [1.807, 2.05) is 0 Å². The maximum Gasteiger partial charge on any atom is 0.0442 e. The highest BCUT2D eigenvalue weighted by atomic mass is 32.2. The molecule has 0 radical (unpaired) electrons. The van der Waals surface area contributed by atoms with Gasteiger partial charge in [0.2, 0.25) is 0 Å². The van der Waals surface area contributed by atoms with Gasteiger partial charge in [-0.1, -0.05) is 31.0 Å². The monoisotopic (exact) mass is 181 g/mol. The number of rotatable bonds is 4. The minimum absolute atomic E-state index is 1.16. The first kappa shape index (κ1) is 9.46. The molecule has 66 valence electrons. The maximum absolute atomic E-state index is 3.30. The second kappa shape index (κ2) is 5.09. The third kappa shape index (κ3) is 3.18. The van der Waals surface area contributed by atoms with Crippen LogP contribution in [0.2, 0.25) is 0 Å². The summed E-state index contributed by atoms with van der Waals surface area (Å²) in [6.45, 7) is 4.29. The average molecular weight is 181 g/mol. The van der Waals surface area contributed by atoms with Gasteiger partial charge in [-0.25, -0.2) is 0 Å². The van der Waals surface area contributed by atoms with E-state index in [1.165, 1.54) is 17.7 Å². The molecule has 1 nitrogen and oxygen atoms in total. The topological polar surface area (TPSA) is 12.0 Å². The van der Waals surface area contributed by atoms with Crippen LogP contribution in [0.25, 0.3) is 0 Å². The molecule has 0 aliphatic carbocycles. The van der Waals surface area contributed by atoms with Crippen LogP contribution in [0.15, 0.2) is 24.3 Å². The Morgan fingerprint density at radius 1 is 1.42 bits per heavy atom. The zero-order chi connectivity index (χ0) is 8.81. The summed E-state index contributed by atoms with van der Waals surface area (Å²) in [5.41, 5.74) is 2.51. The fourth-order valence-electron chi connectivity index (χ4n) is 0.945. The van der Waals surface area contributed by atoms with Gasteiger partial charge < -0.3 is 4.72 Å². The van der Waals surface area contributed by atoms with E-state index in [-0.39, 0.29) is 0 Å². The standard InChI is InChI=1S/C10H15NS/c1-3-7-12-11-10-6-4-5-9(2)8-10/h4-6,8,11H,3,7H2,1-2H3. The van der Waals surface area contributed by atoms with Crippen molar-refractivity contribution in [2.45, 2.75) is 20.3 Å². The summed E-state index contributed by atoms with van der Waals surface area (Å²) in [7, 11) is 0. The van der Waals surface area contributed by atoms with Gasteiger partial charge in [0.25, 0.3) is 0 Å². The van der Waals surface area contributed by atoms with Gasteiger partial charge in [0, 0.05) is 11.4 Å². The summed E-state index contributed by atoms with van der Waals surface area (Å²) in [5.74, 6) is 1.16. The molecule has 0 spiro atoms. The summed E-state index contributed by atoms with van der Waals surface area (Å²) < 4.78 is 3.30. The predicted octanol–water partition coefficient (Wildman–Crippen LogP) is 3.47. The highest BCUT2D eigenvalue weighted by Crippen LogP contribution is 2.14. The largest absolute Gasteiger partial charge is 0.330 e. The Labute approximate surface area is 78.7 Å². The van der Waals surface area contributed by atoms with Crippen LogP contribution in [0.3, 0.4) is 0 Å². The molecular weight excluding hydrogens is 166 g/mol. The Balaban J connectivity index is 2.41. The molecule has 1 rings (SSSR count). The number of benzene rings is 1. The number of nitrogens with one attached hydrogen (secondary N) is 1. The summed E-state index contributed by atoms with van der Waals surface area (Å²) in [4.78, 5) is 0. The Hall–Kier alpha value is -0.630. The molecule has 2 heteroatoms. The van der Waals surface area contributed by atoms with Gasteiger partial charge in [-0.05, 0) is 31.0 Å². The molecule has 1 aromatic rings. The molecule has 0 bridgehead atoms. The van der Waals surface area contributed by atoms with Gasteiger partial charge in [-0.3, -0.25) is 0 Å². The lowest BCUT2D eigenvalue weighted by molar-refractivity contribution is 1.11. The summed E-state index contributed by atoms with van der Waals surface area (Å²) >= 11 is 1.77. The summed E-state index contributed by atoms with van der Waals surface area (Å²) in [5, 5.41) is 0. The van der Waals surface area contributed by atoms with E-state index in [9.17, 15) is 0 Å². The minimum atomic E-state index is 1.16. The summed E-state index contributed by atoms with van der Waals surface area (Å²) in [6.07, 6.45) is 1.21. The lowest BCUT2D eigenvalue weighted by Gasteiger charge is -2.04. The van der Waals surface area contributed by atoms with Crippen molar-refractivity contribution in [1.29, 1.82) is 0 Å². The third-order valence-corrected chi connectivity index (χ3v) is 2.51. The number of hydrogen-bond donors (Lipinski definition) is 1. The molecule has 1 aromatic carbocycles. The second-order valence-electron chi connectivity index (χ2n) is 2.82. The lowest BCUT2D eigenvalue weighted by atomic mass is 10.2. The molecule has 12 heavy (non-hydrogen) atoms. The van der Waals surface area contributed by atoms with Crippen molar-refractivity contribution in [2.24, 2.45) is 0 Å². The Bertz CT molecular complexity index is 235. The van der Waals surface area contributed by atoms with Crippen molar-refractivity contribution in [3.63, 3.8) is 0 Å². The van der Waals surface area contributed by atoms with Gasteiger partial charge in [0.05, 0.1) is 0 Å². The van der Waals surface area contributed by atoms with Crippen molar-refractivity contribution in [2.75, 3.05) is 10.5 Å². The van der Waals surface area contributed by atoms with E-state index >= 15 is 0 Å². The molecular formula is C10H15NS. The number of hydrogen-bond acceptors (Lipinski definition) is 2. The normalized spacial score (nSPS) is 9.83. The molecule has 0 atom stereocenters. The molecule has 0 aliphatic heterocycles. The van der Waals surface area contributed by atoms with E-state index in [0.717, 1.165) is 5.75 Å². The predicted molar refractivity (Wildman–Crippen MR) is 57.6 cm³/mol. The van der Waals surface area contributed by atoms with E-state index in [1.54, 1.807) is 11.9 Å². The highest BCUT2D eigenvalue weighted by Gasteiger charge is 1.90. The van der Waals surface area contributed by atoms with E-state index < -0.39 is 0 Å². The Morgan fingerprint density at radius 3 is 2.92 bits per heavy atom. The first-order valence-corrected chi connectivity index (χ1v) is 5.26. The van der Waals surface area contributed by atoms with Crippen molar-refractivity contribution in [1.82, 2.24) is 0 Å². The molecule has 0 saturated carbocycles. The summed E-state index contributed by atoms with van der Waals surface area (Å²) in [6, 6.07) is 8.43. The molecule has 0 heterocycles. The number of anilines is 1. The van der Waals surface area contributed by atoms with E-state index in [2.05, 4.69) is 42.8 Å². The van der Waals surface area contributed by atoms with Gasteiger partial charge in [0.1, 0.15) is 0 Å². The molecule has 0 saturated heterocycles. The second-order valence-corrected chi connectivity index (χ2v) is 3.72. The molecule has 0 unspecified atom stereocenters. The fourth-order valence-corrected chi connectivity index (χ4v) is 1.54. The van der Waals surface area contributed by atoms with Gasteiger partial charge >= 0.3 is 0 Å². The SMILES string of the molecule is CCCSNc1cccc(C)c1. The van der Waals surface area contributed by atoms with Crippen LogP contribution in [0.1, 0.15) is 18.9 Å². The first-order valence-electron chi connectivity index (χ1n) is 4.27. The molecule has 0 fully saturated rings. The van der Waals surface area contributed by atoms with Crippen LogP contribution in [0.5, 0.6) is 0 Å². The third-order valence-electron chi connectivity index (χ3n) is 1.51. The van der Waals surface area contributed by atoms with Gasteiger partial charge in [-0.15, -0.1) is 0 Å².